The number of H-pyrrole nitrogens is 1. The fourth-order valence-corrected chi connectivity index (χ4v) is 3.81. The molecule has 2 heterocycles. The number of nitrogens with zero attached hydrogens (tertiary/aromatic N) is 2. The largest absolute Gasteiger partial charge is 0.497 e. The smallest absolute Gasteiger partial charge is 0.270 e. The summed E-state index contributed by atoms with van der Waals surface area (Å²) in [5.74, 6) is 0.562. The molecule has 0 bridgehead atoms. The van der Waals surface area contributed by atoms with Crippen molar-refractivity contribution in [3.05, 3.63) is 64.3 Å². The van der Waals surface area contributed by atoms with Gasteiger partial charge < -0.3 is 19.5 Å². The van der Waals surface area contributed by atoms with Crippen LogP contribution in [0.2, 0.25) is 0 Å². The van der Waals surface area contributed by atoms with Crippen molar-refractivity contribution in [1.29, 1.82) is 0 Å². The number of rotatable bonds is 4. The maximum Gasteiger partial charge on any atom is 0.270 e. The summed E-state index contributed by atoms with van der Waals surface area (Å²) in [5, 5.41) is 0.959. The van der Waals surface area contributed by atoms with E-state index in [0.29, 0.717) is 25.3 Å². The number of hydrogen-bond acceptors (Lipinski definition) is 3. The molecule has 0 spiro atoms. The standard InChI is InChI=1S/C21H20BrN3O3/c1-28-17-4-2-3-14(9-17)12-24-7-8-25(13-20(24)26)21(27)19-11-15-10-16(22)5-6-18(15)23-19/h2-6,9-11,23H,7-8,12-13H2,1H3. The van der Waals surface area contributed by atoms with Gasteiger partial charge in [-0.05, 0) is 42.0 Å². The Hall–Kier alpha value is -2.80. The van der Waals surface area contributed by atoms with Gasteiger partial charge in [0.1, 0.15) is 18.0 Å². The monoisotopic (exact) mass is 441 g/mol. The predicted octanol–water partition coefficient (Wildman–Crippen LogP) is 3.42. The number of benzene rings is 2. The van der Waals surface area contributed by atoms with E-state index < -0.39 is 0 Å². The Morgan fingerprint density at radius 2 is 2.04 bits per heavy atom. The van der Waals surface area contributed by atoms with Crippen molar-refractivity contribution >= 4 is 38.6 Å². The van der Waals surface area contributed by atoms with E-state index in [1.807, 2.05) is 48.5 Å². The van der Waals surface area contributed by atoms with E-state index in [2.05, 4.69) is 20.9 Å². The summed E-state index contributed by atoms with van der Waals surface area (Å²) in [6.45, 7) is 1.61. The lowest BCUT2D eigenvalue weighted by atomic mass is 10.1. The molecular formula is C21H20BrN3O3. The summed E-state index contributed by atoms with van der Waals surface area (Å²) in [5.41, 5.74) is 2.41. The van der Waals surface area contributed by atoms with Gasteiger partial charge in [0.25, 0.3) is 5.91 Å². The fraction of sp³-hybridized carbons (Fsp3) is 0.238. The topological polar surface area (TPSA) is 65.6 Å². The molecule has 0 radical (unpaired) electrons. The second kappa shape index (κ2) is 7.67. The second-order valence-corrected chi connectivity index (χ2v) is 7.72. The number of amides is 2. The molecule has 144 valence electrons. The molecule has 7 heteroatoms. The highest BCUT2D eigenvalue weighted by Gasteiger charge is 2.28. The van der Waals surface area contributed by atoms with Gasteiger partial charge in [0.2, 0.25) is 5.91 Å². The van der Waals surface area contributed by atoms with Crippen LogP contribution in [0.4, 0.5) is 0 Å². The summed E-state index contributed by atoms with van der Waals surface area (Å²) in [6.07, 6.45) is 0. The molecule has 2 amide bonds. The number of nitrogens with one attached hydrogen (secondary N) is 1. The van der Waals surface area contributed by atoms with Crippen LogP contribution in [0.3, 0.4) is 0 Å². The third-order valence-corrected chi connectivity index (χ3v) is 5.42. The molecule has 0 saturated carbocycles. The zero-order valence-corrected chi connectivity index (χ0v) is 17.0. The minimum Gasteiger partial charge on any atom is -0.497 e. The Morgan fingerprint density at radius 3 is 2.82 bits per heavy atom. The average molecular weight is 442 g/mol. The lowest BCUT2D eigenvalue weighted by Gasteiger charge is -2.34. The highest BCUT2D eigenvalue weighted by Crippen LogP contribution is 2.22. The van der Waals surface area contributed by atoms with E-state index in [0.717, 1.165) is 26.7 Å². The minimum atomic E-state index is -0.151. The number of piperazine rings is 1. The SMILES string of the molecule is COc1cccc(CN2CCN(C(=O)c3cc4cc(Br)ccc4[nH]3)CC2=O)c1. The summed E-state index contributed by atoms with van der Waals surface area (Å²) in [7, 11) is 1.62. The zero-order valence-electron chi connectivity index (χ0n) is 15.4. The van der Waals surface area contributed by atoms with Gasteiger partial charge in [-0.2, -0.15) is 0 Å². The Labute approximate surface area is 171 Å². The van der Waals surface area contributed by atoms with Crippen LogP contribution in [0.15, 0.2) is 53.0 Å². The lowest BCUT2D eigenvalue weighted by Crippen LogP contribution is -2.51. The molecule has 4 rings (SSSR count). The molecule has 0 aliphatic carbocycles. The van der Waals surface area contributed by atoms with Crippen molar-refractivity contribution in [1.82, 2.24) is 14.8 Å². The molecule has 0 unspecified atom stereocenters. The van der Waals surface area contributed by atoms with Gasteiger partial charge in [-0.1, -0.05) is 28.1 Å². The third-order valence-electron chi connectivity index (χ3n) is 4.93. The average Bonchev–Trinajstić information content (AvgIpc) is 3.12. The van der Waals surface area contributed by atoms with Crippen LogP contribution >= 0.6 is 15.9 Å². The molecule has 1 aromatic heterocycles. The second-order valence-electron chi connectivity index (χ2n) is 6.81. The fourth-order valence-electron chi connectivity index (χ4n) is 3.43. The number of ether oxygens (including phenoxy) is 1. The molecular weight excluding hydrogens is 422 g/mol. The summed E-state index contributed by atoms with van der Waals surface area (Å²) >= 11 is 3.44. The Balaban J connectivity index is 1.44. The number of aromatic nitrogens is 1. The molecule has 1 aliphatic rings. The van der Waals surface area contributed by atoms with Crippen LogP contribution < -0.4 is 4.74 Å². The van der Waals surface area contributed by atoms with Gasteiger partial charge in [-0.3, -0.25) is 9.59 Å². The molecule has 6 nitrogen and oxygen atoms in total. The van der Waals surface area contributed by atoms with Crippen LogP contribution in [0.5, 0.6) is 5.75 Å². The maximum atomic E-state index is 12.8. The van der Waals surface area contributed by atoms with Gasteiger partial charge in [0, 0.05) is 35.0 Å². The Morgan fingerprint density at radius 1 is 1.18 bits per heavy atom. The van der Waals surface area contributed by atoms with Crippen LogP contribution in [-0.4, -0.2) is 53.3 Å². The molecule has 0 atom stereocenters. The van der Waals surface area contributed by atoms with Crippen LogP contribution in [0, 0.1) is 0 Å². The highest BCUT2D eigenvalue weighted by atomic mass is 79.9. The first-order chi connectivity index (χ1) is 13.5. The van der Waals surface area contributed by atoms with E-state index in [-0.39, 0.29) is 18.4 Å². The Kier molecular flexibility index (Phi) is 5.09. The molecule has 2 aromatic carbocycles. The van der Waals surface area contributed by atoms with Crippen LogP contribution in [0.1, 0.15) is 16.1 Å². The number of carbonyl (C=O) groups excluding carboxylic acids is 2. The molecule has 1 fully saturated rings. The van der Waals surface area contributed by atoms with E-state index in [1.54, 1.807) is 16.9 Å². The van der Waals surface area contributed by atoms with E-state index in [9.17, 15) is 9.59 Å². The molecule has 1 saturated heterocycles. The molecule has 3 aromatic rings. The van der Waals surface area contributed by atoms with Gasteiger partial charge in [-0.25, -0.2) is 0 Å². The summed E-state index contributed by atoms with van der Waals surface area (Å²) in [6, 6.07) is 15.3. The first-order valence-electron chi connectivity index (χ1n) is 9.02. The van der Waals surface area contributed by atoms with Crippen molar-refractivity contribution < 1.29 is 14.3 Å². The minimum absolute atomic E-state index is 0.0544. The summed E-state index contributed by atoms with van der Waals surface area (Å²) < 4.78 is 6.20. The van der Waals surface area contributed by atoms with Crippen LogP contribution in [0.25, 0.3) is 10.9 Å². The van der Waals surface area contributed by atoms with E-state index in [4.69, 9.17) is 4.74 Å². The maximum absolute atomic E-state index is 12.8. The van der Waals surface area contributed by atoms with Gasteiger partial charge >= 0.3 is 0 Å². The number of hydrogen-bond donors (Lipinski definition) is 1. The van der Waals surface area contributed by atoms with Gasteiger partial charge in [0.05, 0.1) is 7.11 Å². The number of methoxy groups -OCH3 is 1. The first-order valence-corrected chi connectivity index (χ1v) is 9.81. The lowest BCUT2D eigenvalue weighted by molar-refractivity contribution is -0.135. The summed E-state index contributed by atoms with van der Waals surface area (Å²) in [4.78, 5) is 32.0. The number of halogens is 1. The Bertz CT molecular complexity index is 1050. The quantitative estimate of drug-likeness (QED) is 0.674. The highest BCUT2D eigenvalue weighted by molar-refractivity contribution is 9.10. The van der Waals surface area contributed by atoms with E-state index in [1.165, 1.54) is 0 Å². The first kappa shape index (κ1) is 18.6. The predicted molar refractivity (Wildman–Crippen MR) is 110 cm³/mol. The van der Waals surface area contributed by atoms with E-state index >= 15 is 0 Å². The normalized spacial score (nSPS) is 14.6. The van der Waals surface area contributed by atoms with Crippen molar-refractivity contribution in [2.75, 3.05) is 26.7 Å². The van der Waals surface area contributed by atoms with Crippen molar-refractivity contribution in [3.63, 3.8) is 0 Å². The number of carbonyl (C=O) groups is 2. The number of fused-ring (bicyclic) bond motifs is 1. The third kappa shape index (κ3) is 3.75. The van der Waals surface area contributed by atoms with Gasteiger partial charge in [-0.15, -0.1) is 0 Å². The molecule has 1 N–H and O–H groups in total. The number of aromatic amines is 1. The zero-order chi connectivity index (χ0) is 19.7. The van der Waals surface area contributed by atoms with Crippen LogP contribution in [-0.2, 0) is 11.3 Å². The van der Waals surface area contributed by atoms with Gasteiger partial charge in [0.15, 0.2) is 0 Å². The van der Waals surface area contributed by atoms with Crippen molar-refractivity contribution in [2.45, 2.75) is 6.54 Å². The molecule has 28 heavy (non-hydrogen) atoms. The molecule has 1 aliphatic heterocycles. The van der Waals surface area contributed by atoms with Crippen molar-refractivity contribution in [2.24, 2.45) is 0 Å². The van der Waals surface area contributed by atoms with Crippen molar-refractivity contribution in [3.8, 4) is 5.75 Å².